The molecule has 3 aromatic heterocycles. The average Bonchev–Trinajstić information content (AvgIpc) is 4.02. The molecule has 2 aliphatic rings. The third-order valence-corrected chi connectivity index (χ3v) is 11.7. The van der Waals surface area contributed by atoms with Gasteiger partial charge in [0.2, 0.25) is 0 Å². The number of nitrogens with zero attached hydrogens (tertiary/aromatic N) is 3. The van der Waals surface area contributed by atoms with E-state index in [0.717, 1.165) is 0 Å². The van der Waals surface area contributed by atoms with Gasteiger partial charge in [-0.3, -0.25) is 10.1 Å². The van der Waals surface area contributed by atoms with Crippen molar-refractivity contribution in [1.29, 1.82) is 0 Å². The largest absolute Gasteiger partial charge is 0.354 e. The summed E-state index contributed by atoms with van der Waals surface area (Å²) < 4.78 is 0. The molecule has 0 amide bonds. The Kier molecular flexibility index (Phi) is 9.69. The highest BCUT2D eigenvalue weighted by atomic mass is 35.5. The van der Waals surface area contributed by atoms with E-state index in [-0.39, 0.29) is 5.69 Å². The van der Waals surface area contributed by atoms with Crippen LogP contribution >= 0.6 is 69.6 Å². The van der Waals surface area contributed by atoms with Gasteiger partial charge >= 0.3 is 0 Å². The van der Waals surface area contributed by atoms with E-state index >= 15 is 0 Å². The van der Waals surface area contributed by atoms with Crippen LogP contribution < -0.4 is 0 Å². The fraction of sp³-hybridized carbons (Fsp3) is 0. The third-order valence-electron chi connectivity index (χ3n) is 9.76. The molecule has 0 radical (unpaired) electrons. The summed E-state index contributed by atoms with van der Waals surface area (Å²) in [5.74, 6) is 0. The Hall–Kier alpha value is -5.38. The molecule has 0 atom stereocenters. The van der Waals surface area contributed by atoms with Crippen LogP contribution in [0.4, 0.5) is 5.69 Å². The minimum Gasteiger partial charge on any atom is -0.354 e. The van der Waals surface area contributed by atoms with Crippen molar-refractivity contribution < 1.29 is 4.92 Å². The minimum atomic E-state index is -0.410. The minimum absolute atomic E-state index is 0.100. The van der Waals surface area contributed by atoms with Crippen molar-refractivity contribution in [1.82, 2.24) is 19.9 Å². The van der Waals surface area contributed by atoms with Crippen LogP contribution in [0.15, 0.2) is 103 Å². The number of hydrogen-bond donors (Lipinski definition) is 2. The predicted octanol–water partition coefficient (Wildman–Crippen LogP) is 15.2. The number of halogens is 6. The van der Waals surface area contributed by atoms with Crippen LogP contribution in [0.1, 0.15) is 22.8 Å². The van der Waals surface area contributed by atoms with Gasteiger partial charge in [0.25, 0.3) is 5.69 Å². The quantitative estimate of drug-likeness (QED) is 0.133. The Bertz CT molecular complexity index is 2980. The molecule has 13 heteroatoms. The van der Waals surface area contributed by atoms with Crippen LogP contribution in [0, 0.1) is 10.1 Å². The molecule has 5 heterocycles. The number of rotatable bonds is 5. The topological polar surface area (TPSA) is 100 Å². The number of aromatic nitrogens is 4. The highest BCUT2D eigenvalue weighted by molar-refractivity contribution is 6.41. The number of nitro groups is 1. The van der Waals surface area contributed by atoms with Gasteiger partial charge in [0.1, 0.15) is 0 Å². The molecular formula is C44H23Cl6N5O2. The molecule has 0 spiro atoms. The molecule has 0 saturated carbocycles. The molecule has 7 aromatic rings. The monoisotopic (exact) mass is 863 g/mol. The molecule has 2 N–H and O–H groups in total. The number of hydrogen-bond acceptors (Lipinski definition) is 4. The number of nitrogens with one attached hydrogen (secondary N) is 2. The van der Waals surface area contributed by atoms with Crippen molar-refractivity contribution in [3.8, 4) is 44.5 Å². The number of aromatic amines is 2. The van der Waals surface area contributed by atoms with Gasteiger partial charge in [-0.05, 0) is 91.0 Å². The summed E-state index contributed by atoms with van der Waals surface area (Å²) in [6.45, 7) is 0. The number of nitro benzene ring substituents is 1. The van der Waals surface area contributed by atoms with E-state index in [1.807, 2.05) is 48.6 Å². The van der Waals surface area contributed by atoms with E-state index in [0.29, 0.717) is 119 Å². The smallest absolute Gasteiger partial charge is 0.277 e. The first-order valence-corrected chi connectivity index (χ1v) is 19.6. The van der Waals surface area contributed by atoms with E-state index in [9.17, 15) is 10.1 Å². The van der Waals surface area contributed by atoms with E-state index in [1.165, 1.54) is 6.07 Å². The van der Waals surface area contributed by atoms with Crippen molar-refractivity contribution in [2.24, 2.45) is 0 Å². The zero-order valence-electron chi connectivity index (χ0n) is 29.1. The van der Waals surface area contributed by atoms with Gasteiger partial charge in [-0.2, -0.15) is 0 Å². The van der Waals surface area contributed by atoms with E-state index in [4.69, 9.17) is 79.6 Å². The van der Waals surface area contributed by atoms with Crippen molar-refractivity contribution >= 4 is 122 Å². The zero-order valence-corrected chi connectivity index (χ0v) is 33.6. The summed E-state index contributed by atoms with van der Waals surface area (Å²) >= 11 is 41.5. The van der Waals surface area contributed by atoms with Crippen molar-refractivity contribution in [3.63, 3.8) is 0 Å². The molecule has 9 rings (SSSR count). The van der Waals surface area contributed by atoms with Crippen molar-refractivity contribution in [3.05, 3.63) is 166 Å². The van der Waals surface area contributed by atoms with Gasteiger partial charge in [-0.1, -0.05) is 99.9 Å². The second-order valence-electron chi connectivity index (χ2n) is 13.1. The number of fused-ring (bicyclic) bond motifs is 8. The Morgan fingerprint density at radius 2 is 0.719 bits per heavy atom. The lowest BCUT2D eigenvalue weighted by atomic mass is 10.0. The summed E-state index contributed by atoms with van der Waals surface area (Å²) in [7, 11) is 0. The Morgan fingerprint density at radius 1 is 0.404 bits per heavy atom. The van der Waals surface area contributed by atoms with Gasteiger partial charge < -0.3 is 9.97 Å². The van der Waals surface area contributed by atoms with Crippen LogP contribution in [0.5, 0.6) is 0 Å². The molecule has 2 aliphatic heterocycles. The molecule has 278 valence electrons. The van der Waals surface area contributed by atoms with Crippen molar-refractivity contribution in [2.45, 2.75) is 0 Å². The van der Waals surface area contributed by atoms with Crippen LogP contribution in [0.25, 0.3) is 90.9 Å². The fourth-order valence-electron chi connectivity index (χ4n) is 7.33. The lowest BCUT2D eigenvalue weighted by Crippen LogP contribution is -1.94. The van der Waals surface area contributed by atoms with E-state index in [2.05, 4.69) is 9.97 Å². The highest BCUT2D eigenvalue weighted by Gasteiger charge is 2.25. The molecule has 0 fully saturated rings. The highest BCUT2D eigenvalue weighted by Crippen LogP contribution is 2.46. The van der Waals surface area contributed by atoms with Gasteiger partial charge in [-0.25, -0.2) is 9.97 Å². The van der Waals surface area contributed by atoms with Crippen molar-refractivity contribution in [2.75, 3.05) is 0 Å². The average molecular weight is 866 g/mol. The maximum atomic E-state index is 12.5. The molecule has 0 unspecified atom stereocenters. The molecule has 7 nitrogen and oxygen atoms in total. The first-order valence-electron chi connectivity index (χ1n) is 17.3. The fourth-order valence-corrected chi connectivity index (χ4v) is 9.09. The molecule has 0 aliphatic carbocycles. The third kappa shape index (κ3) is 6.51. The van der Waals surface area contributed by atoms with Crippen LogP contribution in [0.3, 0.4) is 0 Å². The summed E-state index contributed by atoms with van der Waals surface area (Å²) in [4.78, 5) is 29.6. The Labute approximate surface area is 355 Å². The summed E-state index contributed by atoms with van der Waals surface area (Å²) in [6, 6.07) is 29.9. The lowest BCUT2D eigenvalue weighted by molar-refractivity contribution is -0.384. The Balaban J connectivity index is 1.54. The van der Waals surface area contributed by atoms with Crippen LogP contribution in [-0.4, -0.2) is 24.9 Å². The predicted molar refractivity (Wildman–Crippen MR) is 237 cm³/mol. The lowest BCUT2D eigenvalue weighted by Gasteiger charge is -2.11. The van der Waals surface area contributed by atoms with Gasteiger partial charge in [0.15, 0.2) is 0 Å². The number of H-pyrrole nitrogens is 2. The first-order chi connectivity index (χ1) is 27.6. The molecule has 4 aromatic carbocycles. The second-order valence-corrected chi connectivity index (χ2v) is 15.5. The maximum absolute atomic E-state index is 12.5. The summed E-state index contributed by atoms with van der Waals surface area (Å²) in [6.07, 6.45) is 7.40. The normalized spacial score (nSPS) is 12.0. The molecule has 57 heavy (non-hydrogen) atoms. The SMILES string of the molecule is O=[N+]([O-])c1ccccc1-c1c2nc(c(-c3c(Cl)cccc3Cl)c3ccc([nH]3)c(-c3c(Cl)cccc3Cl)c3nc(c(-c4c(Cl)cccc4Cl)c4ccc1[nH]4)C=C3)C=C2. The van der Waals surface area contributed by atoms with E-state index in [1.54, 1.807) is 72.8 Å². The molecule has 8 bridgehead atoms. The zero-order chi connectivity index (χ0) is 39.5. The Morgan fingerprint density at radius 3 is 1.07 bits per heavy atom. The summed E-state index contributed by atoms with van der Waals surface area (Å²) in [5.41, 5.74) is 8.60. The number of para-hydroxylation sites is 1. The van der Waals surface area contributed by atoms with Gasteiger partial charge in [0, 0.05) is 67.1 Å². The standard InChI is InChI=1S/C44H23Cl6N5O2/c45-23-7-3-8-24(46)39(23)42-31-16-14-29(51-31)38(22-6-1-2-13-37(22)55(56)57)30-15-17-32(52-30)43(40-25(47)9-4-10-26(40)48)34-19-21-36(54-34)44(35-20-18-33(42)53-35)41-27(49)11-5-12-28(41)50/h1-21,51,54H. The molecular weight excluding hydrogens is 843 g/mol. The van der Waals surface area contributed by atoms with Crippen LogP contribution in [0.2, 0.25) is 30.1 Å². The van der Waals surface area contributed by atoms with E-state index < -0.39 is 4.92 Å². The summed E-state index contributed by atoms with van der Waals surface area (Å²) in [5, 5.41) is 14.9. The molecule has 0 saturated heterocycles. The second kappa shape index (κ2) is 14.8. The number of benzene rings is 4. The maximum Gasteiger partial charge on any atom is 0.277 e. The van der Waals surface area contributed by atoms with Gasteiger partial charge in [-0.15, -0.1) is 0 Å². The first kappa shape index (κ1) is 37.2. The van der Waals surface area contributed by atoms with Gasteiger partial charge in [0.05, 0.1) is 63.4 Å². The van der Waals surface area contributed by atoms with Crippen LogP contribution in [-0.2, 0) is 0 Å².